The molecule has 3 saturated carbocycles. The number of fused-ring (bicyclic) bond motifs is 2. The number of aromatic nitrogens is 2. The average Bonchev–Trinajstić information content (AvgIpc) is 3.26. The van der Waals surface area contributed by atoms with Gasteiger partial charge in [0.05, 0.1) is 0 Å². The van der Waals surface area contributed by atoms with Gasteiger partial charge in [0.15, 0.2) is 5.13 Å². The summed E-state index contributed by atoms with van der Waals surface area (Å²) in [6, 6.07) is 12.0. The molecule has 172 valence electrons. The summed E-state index contributed by atoms with van der Waals surface area (Å²) < 4.78 is 0. The lowest BCUT2D eigenvalue weighted by Crippen LogP contribution is -2.54. The maximum atomic E-state index is 13.1. The second-order valence-corrected chi connectivity index (χ2v) is 11.3. The number of hydrogen-bond acceptors (Lipinski definition) is 5. The largest absolute Gasteiger partial charge is 0.352 e. The molecule has 3 aromatic rings. The topological polar surface area (TPSA) is 66.9 Å². The van der Waals surface area contributed by atoms with E-state index in [4.69, 9.17) is 0 Å². The summed E-state index contributed by atoms with van der Waals surface area (Å²) in [6.45, 7) is 7.62. The van der Waals surface area contributed by atoms with Crippen LogP contribution in [-0.2, 0) is 6.42 Å². The molecule has 3 unspecified atom stereocenters. The van der Waals surface area contributed by atoms with E-state index >= 15 is 0 Å². The number of nitrogens with one attached hydrogen (secondary N) is 2. The molecule has 1 amide bonds. The zero-order valence-electron chi connectivity index (χ0n) is 19.6. The normalized spacial score (nSPS) is 22.9. The van der Waals surface area contributed by atoms with Crippen molar-refractivity contribution in [2.45, 2.75) is 46.5 Å². The highest BCUT2D eigenvalue weighted by molar-refractivity contribution is 7.15. The van der Waals surface area contributed by atoms with E-state index in [-0.39, 0.29) is 5.91 Å². The molecule has 6 heteroatoms. The highest BCUT2D eigenvalue weighted by atomic mass is 32.1. The SMILES string of the molecule is Cc1ccc(Cc2cnc(Nc3ccccn3)s2)cc1C(=O)NCC1CCC2CC1C2(C)C. The maximum Gasteiger partial charge on any atom is 0.251 e. The van der Waals surface area contributed by atoms with Gasteiger partial charge in [-0.15, -0.1) is 11.3 Å². The molecule has 3 aliphatic rings. The van der Waals surface area contributed by atoms with Crippen molar-refractivity contribution in [2.75, 3.05) is 11.9 Å². The van der Waals surface area contributed by atoms with Gasteiger partial charge in [-0.25, -0.2) is 9.97 Å². The van der Waals surface area contributed by atoms with E-state index in [1.54, 1.807) is 17.5 Å². The van der Waals surface area contributed by atoms with Crippen LogP contribution in [0.15, 0.2) is 48.8 Å². The molecule has 1 aromatic carbocycles. The Bertz CT molecular complexity index is 1140. The fraction of sp³-hybridized carbons (Fsp3) is 0.444. The van der Waals surface area contributed by atoms with Crippen LogP contribution in [0.4, 0.5) is 10.9 Å². The Morgan fingerprint density at radius 3 is 2.82 bits per heavy atom. The summed E-state index contributed by atoms with van der Waals surface area (Å²) in [4.78, 5) is 23.0. The highest BCUT2D eigenvalue weighted by Gasteiger charge is 2.53. The molecule has 0 saturated heterocycles. The van der Waals surface area contributed by atoms with E-state index in [0.717, 1.165) is 57.3 Å². The molecule has 0 aliphatic heterocycles. The molecule has 3 atom stereocenters. The van der Waals surface area contributed by atoms with E-state index in [2.05, 4.69) is 46.6 Å². The van der Waals surface area contributed by atoms with Crippen molar-refractivity contribution in [2.24, 2.45) is 23.2 Å². The minimum atomic E-state index is 0.0513. The van der Waals surface area contributed by atoms with Gasteiger partial charge in [0.25, 0.3) is 5.91 Å². The summed E-state index contributed by atoms with van der Waals surface area (Å²) in [6.07, 6.45) is 8.30. The Morgan fingerprint density at radius 1 is 1.18 bits per heavy atom. The first-order valence-corrected chi connectivity index (χ1v) is 12.7. The van der Waals surface area contributed by atoms with E-state index in [1.807, 2.05) is 37.4 Å². The molecule has 3 aliphatic carbocycles. The first kappa shape index (κ1) is 22.1. The van der Waals surface area contributed by atoms with Crippen molar-refractivity contribution in [1.29, 1.82) is 0 Å². The molecule has 6 rings (SSSR count). The van der Waals surface area contributed by atoms with Crippen molar-refractivity contribution in [3.63, 3.8) is 0 Å². The van der Waals surface area contributed by atoms with Gasteiger partial charge in [-0.1, -0.05) is 32.0 Å². The molecular formula is C27H32N4OS. The predicted octanol–water partition coefficient (Wildman–Crippen LogP) is 5.98. The van der Waals surface area contributed by atoms with Gasteiger partial charge >= 0.3 is 0 Å². The summed E-state index contributed by atoms with van der Waals surface area (Å²) >= 11 is 1.61. The Kier molecular flexibility index (Phi) is 5.95. The smallest absolute Gasteiger partial charge is 0.251 e. The van der Waals surface area contributed by atoms with Gasteiger partial charge in [0.1, 0.15) is 5.82 Å². The summed E-state index contributed by atoms with van der Waals surface area (Å²) in [5.41, 5.74) is 3.37. The first-order chi connectivity index (χ1) is 15.9. The van der Waals surface area contributed by atoms with Crippen LogP contribution in [0, 0.1) is 30.1 Å². The maximum absolute atomic E-state index is 13.1. The Morgan fingerprint density at radius 2 is 2.06 bits per heavy atom. The third kappa shape index (κ3) is 4.54. The number of carbonyl (C=O) groups excluding carboxylic acids is 1. The fourth-order valence-electron chi connectivity index (χ4n) is 5.74. The minimum absolute atomic E-state index is 0.0513. The zero-order chi connectivity index (χ0) is 23.0. The molecule has 2 heterocycles. The second kappa shape index (κ2) is 8.90. The minimum Gasteiger partial charge on any atom is -0.352 e. The van der Waals surface area contributed by atoms with Crippen LogP contribution in [0.25, 0.3) is 0 Å². The van der Waals surface area contributed by atoms with Crippen molar-refractivity contribution < 1.29 is 4.79 Å². The summed E-state index contributed by atoms with van der Waals surface area (Å²) in [5.74, 6) is 3.09. The van der Waals surface area contributed by atoms with E-state index in [1.165, 1.54) is 19.3 Å². The van der Waals surface area contributed by atoms with Crippen molar-refractivity contribution in [1.82, 2.24) is 15.3 Å². The van der Waals surface area contributed by atoms with E-state index in [9.17, 15) is 4.79 Å². The molecule has 2 aromatic heterocycles. The van der Waals surface area contributed by atoms with E-state index in [0.29, 0.717) is 11.3 Å². The quantitative estimate of drug-likeness (QED) is 0.455. The number of benzene rings is 1. The second-order valence-electron chi connectivity index (χ2n) is 10.2. The van der Waals surface area contributed by atoms with Crippen LogP contribution >= 0.6 is 11.3 Å². The lowest BCUT2D eigenvalue weighted by atomic mass is 9.45. The lowest BCUT2D eigenvalue weighted by molar-refractivity contribution is -0.103. The van der Waals surface area contributed by atoms with Crippen LogP contribution in [0.2, 0.25) is 0 Å². The highest BCUT2D eigenvalue weighted by Crippen LogP contribution is 2.61. The molecule has 3 fully saturated rings. The third-order valence-corrected chi connectivity index (χ3v) is 8.82. The number of pyridine rings is 1. The fourth-order valence-corrected chi connectivity index (χ4v) is 6.60. The zero-order valence-corrected chi connectivity index (χ0v) is 20.4. The molecule has 2 bridgehead atoms. The number of hydrogen-bond donors (Lipinski definition) is 2. The molecule has 5 nitrogen and oxygen atoms in total. The van der Waals surface area contributed by atoms with Gasteiger partial charge in [-0.3, -0.25) is 4.79 Å². The number of anilines is 2. The lowest BCUT2D eigenvalue weighted by Gasteiger charge is -2.60. The van der Waals surface area contributed by atoms with Crippen LogP contribution in [0.3, 0.4) is 0 Å². The Labute approximate surface area is 200 Å². The average molecular weight is 461 g/mol. The summed E-state index contributed by atoms with van der Waals surface area (Å²) in [7, 11) is 0. The summed E-state index contributed by atoms with van der Waals surface area (Å²) in [5, 5.41) is 7.32. The molecule has 0 radical (unpaired) electrons. The van der Waals surface area contributed by atoms with Crippen LogP contribution in [0.1, 0.15) is 59.5 Å². The number of nitrogens with zero attached hydrogens (tertiary/aromatic N) is 2. The molecule has 2 N–H and O–H groups in total. The molecule has 33 heavy (non-hydrogen) atoms. The standard InChI is InChI=1S/C27H32N4OS/c1-17-7-8-18(12-21-16-30-26(33-21)31-24-6-4-5-11-28-24)13-22(17)25(32)29-15-19-9-10-20-14-23(19)27(20,2)3/h4-8,11,13,16,19-20,23H,9-10,12,14-15H2,1-3H3,(H,29,32)(H,28,30,31). The third-order valence-electron chi connectivity index (χ3n) is 7.90. The molecule has 0 spiro atoms. The van der Waals surface area contributed by atoms with Crippen LogP contribution in [-0.4, -0.2) is 22.4 Å². The van der Waals surface area contributed by atoms with E-state index < -0.39 is 0 Å². The van der Waals surface area contributed by atoms with Gasteiger partial charge < -0.3 is 10.6 Å². The monoisotopic (exact) mass is 460 g/mol. The number of aryl methyl sites for hydroxylation is 1. The van der Waals surface area contributed by atoms with Gasteiger partial charge in [-0.05, 0) is 78.7 Å². The van der Waals surface area contributed by atoms with Gasteiger partial charge in [0.2, 0.25) is 0 Å². The number of thiazole rings is 1. The van der Waals surface area contributed by atoms with Crippen molar-refractivity contribution in [3.8, 4) is 0 Å². The van der Waals surface area contributed by atoms with Crippen LogP contribution in [0.5, 0.6) is 0 Å². The van der Waals surface area contributed by atoms with Crippen LogP contribution < -0.4 is 10.6 Å². The van der Waals surface area contributed by atoms with Crippen molar-refractivity contribution in [3.05, 3.63) is 70.4 Å². The Balaban J connectivity index is 1.21. The Hall–Kier alpha value is -2.73. The van der Waals surface area contributed by atoms with Gasteiger partial charge in [0, 0.05) is 35.8 Å². The first-order valence-electron chi connectivity index (χ1n) is 11.9. The van der Waals surface area contributed by atoms with Crippen molar-refractivity contribution >= 4 is 28.2 Å². The predicted molar refractivity (Wildman–Crippen MR) is 134 cm³/mol. The number of amides is 1. The number of rotatable bonds is 7. The molecular weight excluding hydrogens is 428 g/mol. The number of carbonyl (C=O) groups is 1. The van der Waals surface area contributed by atoms with Gasteiger partial charge in [-0.2, -0.15) is 0 Å².